The second-order valence-electron chi connectivity index (χ2n) is 5.36. The molecule has 4 heteroatoms. The Hall–Kier alpha value is -2.20. The van der Waals surface area contributed by atoms with E-state index in [1.165, 1.54) is 11.1 Å². The minimum absolute atomic E-state index is 0.0541. The predicted octanol–water partition coefficient (Wildman–Crippen LogP) is 2.22. The first-order valence-corrected chi connectivity index (χ1v) is 7.28. The Morgan fingerprint density at radius 2 is 2.19 bits per heavy atom. The van der Waals surface area contributed by atoms with Crippen molar-refractivity contribution >= 4 is 5.91 Å². The maximum atomic E-state index is 12.4. The van der Waals surface area contributed by atoms with Gasteiger partial charge < -0.3 is 10.6 Å². The summed E-state index contributed by atoms with van der Waals surface area (Å²) in [7, 11) is 0. The van der Waals surface area contributed by atoms with Crippen LogP contribution in [0.1, 0.15) is 40.1 Å². The lowest BCUT2D eigenvalue weighted by Gasteiger charge is -2.18. The van der Waals surface area contributed by atoms with Crippen LogP contribution in [-0.4, -0.2) is 17.4 Å². The Labute approximate surface area is 124 Å². The summed E-state index contributed by atoms with van der Waals surface area (Å²) < 4.78 is 0. The van der Waals surface area contributed by atoms with Crippen molar-refractivity contribution < 1.29 is 4.79 Å². The average molecular weight is 281 g/mol. The second kappa shape index (κ2) is 6.06. The maximum absolute atomic E-state index is 12.4. The fraction of sp³-hybridized carbons (Fsp3) is 0.294. The molecule has 3 rings (SSSR count). The van der Waals surface area contributed by atoms with Crippen LogP contribution in [0.4, 0.5) is 0 Å². The molecule has 1 aliphatic rings. The monoisotopic (exact) mass is 281 g/mol. The highest BCUT2D eigenvalue weighted by Gasteiger charge is 2.15. The van der Waals surface area contributed by atoms with Crippen LogP contribution in [-0.2, 0) is 13.0 Å². The van der Waals surface area contributed by atoms with Crippen molar-refractivity contribution in [2.45, 2.75) is 25.9 Å². The van der Waals surface area contributed by atoms with Gasteiger partial charge in [0.2, 0.25) is 0 Å². The van der Waals surface area contributed by atoms with E-state index in [1.54, 1.807) is 6.20 Å². The van der Waals surface area contributed by atoms with Crippen LogP contribution in [0.15, 0.2) is 42.6 Å². The van der Waals surface area contributed by atoms with Gasteiger partial charge in [-0.3, -0.25) is 9.78 Å². The van der Waals surface area contributed by atoms with Crippen molar-refractivity contribution in [1.29, 1.82) is 0 Å². The van der Waals surface area contributed by atoms with Gasteiger partial charge in [-0.15, -0.1) is 0 Å². The molecule has 1 atom stereocenters. The number of carbonyl (C=O) groups is 1. The highest BCUT2D eigenvalue weighted by molar-refractivity contribution is 5.94. The molecule has 0 radical (unpaired) electrons. The van der Waals surface area contributed by atoms with Crippen LogP contribution in [0.3, 0.4) is 0 Å². The Morgan fingerprint density at radius 3 is 3.00 bits per heavy atom. The minimum Gasteiger partial charge on any atom is -0.344 e. The molecule has 21 heavy (non-hydrogen) atoms. The average Bonchev–Trinajstić information content (AvgIpc) is 2.55. The largest absolute Gasteiger partial charge is 0.344 e. The molecule has 1 aromatic carbocycles. The second-order valence-corrected chi connectivity index (χ2v) is 5.36. The zero-order chi connectivity index (χ0) is 14.7. The van der Waals surface area contributed by atoms with Gasteiger partial charge in [-0.2, -0.15) is 0 Å². The summed E-state index contributed by atoms with van der Waals surface area (Å²) in [6, 6.07) is 11.6. The van der Waals surface area contributed by atoms with Gasteiger partial charge in [0.05, 0.1) is 11.7 Å². The van der Waals surface area contributed by atoms with E-state index in [1.807, 2.05) is 37.3 Å². The molecule has 1 amide bonds. The fourth-order valence-corrected chi connectivity index (χ4v) is 2.61. The van der Waals surface area contributed by atoms with E-state index in [4.69, 9.17) is 0 Å². The highest BCUT2D eigenvalue weighted by Crippen LogP contribution is 2.17. The van der Waals surface area contributed by atoms with E-state index in [2.05, 4.69) is 21.7 Å². The van der Waals surface area contributed by atoms with E-state index in [0.717, 1.165) is 25.2 Å². The van der Waals surface area contributed by atoms with E-state index < -0.39 is 0 Å². The third kappa shape index (κ3) is 3.11. The first kappa shape index (κ1) is 13.8. The number of rotatable bonds is 3. The molecule has 0 fully saturated rings. The van der Waals surface area contributed by atoms with Gasteiger partial charge >= 0.3 is 0 Å². The summed E-state index contributed by atoms with van der Waals surface area (Å²) in [5.74, 6) is -0.0541. The molecule has 0 saturated heterocycles. The number of pyridine rings is 1. The van der Waals surface area contributed by atoms with Crippen LogP contribution in [0, 0.1) is 0 Å². The number of benzene rings is 1. The lowest BCUT2D eigenvalue weighted by Crippen LogP contribution is -2.28. The molecule has 0 aliphatic carbocycles. The van der Waals surface area contributed by atoms with E-state index >= 15 is 0 Å². The van der Waals surface area contributed by atoms with Crippen molar-refractivity contribution in [2.24, 2.45) is 0 Å². The standard InChI is InChI=1S/C17H19N3O/c1-12(16-4-2-3-8-19-16)20-17(21)14-6-5-13-7-9-18-11-15(13)10-14/h2-6,8,10,12,18H,7,9,11H2,1H3,(H,20,21)/t12-/m1/s1. The van der Waals surface area contributed by atoms with Gasteiger partial charge in [0.1, 0.15) is 0 Å². The van der Waals surface area contributed by atoms with Gasteiger partial charge in [-0.1, -0.05) is 12.1 Å². The van der Waals surface area contributed by atoms with Gasteiger partial charge in [0, 0.05) is 18.3 Å². The molecule has 2 aromatic rings. The molecule has 2 heterocycles. The van der Waals surface area contributed by atoms with Gasteiger partial charge in [0.15, 0.2) is 0 Å². The Kier molecular flexibility index (Phi) is 3.97. The normalized spacial score (nSPS) is 15.1. The van der Waals surface area contributed by atoms with E-state index in [-0.39, 0.29) is 11.9 Å². The molecule has 0 saturated carbocycles. The van der Waals surface area contributed by atoms with Crippen LogP contribution >= 0.6 is 0 Å². The van der Waals surface area contributed by atoms with Crippen LogP contribution in [0.5, 0.6) is 0 Å². The SMILES string of the molecule is C[C@@H](NC(=O)c1ccc2c(c1)CNCC2)c1ccccn1. The lowest BCUT2D eigenvalue weighted by molar-refractivity contribution is 0.0939. The Bertz CT molecular complexity index is 640. The molecule has 0 bridgehead atoms. The summed E-state index contributed by atoms with van der Waals surface area (Å²) in [5.41, 5.74) is 4.13. The molecular formula is C17H19N3O. The van der Waals surface area contributed by atoms with Gasteiger partial charge in [-0.25, -0.2) is 0 Å². The maximum Gasteiger partial charge on any atom is 0.251 e. The van der Waals surface area contributed by atoms with Crippen LogP contribution in [0.25, 0.3) is 0 Å². The third-order valence-corrected chi connectivity index (χ3v) is 3.83. The van der Waals surface area contributed by atoms with Crippen LogP contribution in [0.2, 0.25) is 0 Å². The van der Waals surface area contributed by atoms with Crippen molar-refractivity contribution in [3.05, 3.63) is 65.0 Å². The Balaban J connectivity index is 1.73. The first-order valence-electron chi connectivity index (χ1n) is 7.28. The number of nitrogens with zero attached hydrogens (tertiary/aromatic N) is 1. The summed E-state index contributed by atoms with van der Waals surface area (Å²) in [6.45, 7) is 3.79. The summed E-state index contributed by atoms with van der Waals surface area (Å²) in [5, 5.41) is 6.33. The smallest absolute Gasteiger partial charge is 0.251 e. The van der Waals surface area contributed by atoms with Crippen molar-refractivity contribution in [1.82, 2.24) is 15.6 Å². The number of hydrogen-bond donors (Lipinski definition) is 2. The zero-order valence-electron chi connectivity index (χ0n) is 12.1. The molecule has 1 aromatic heterocycles. The lowest BCUT2D eigenvalue weighted by atomic mass is 9.98. The number of hydrogen-bond acceptors (Lipinski definition) is 3. The molecule has 108 valence electrons. The van der Waals surface area contributed by atoms with Crippen molar-refractivity contribution in [3.8, 4) is 0 Å². The first-order chi connectivity index (χ1) is 10.2. The van der Waals surface area contributed by atoms with Crippen molar-refractivity contribution in [2.75, 3.05) is 6.54 Å². The topological polar surface area (TPSA) is 54.0 Å². The summed E-state index contributed by atoms with van der Waals surface area (Å²) >= 11 is 0. The van der Waals surface area contributed by atoms with Gasteiger partial charge in [-0.05, 0) is 55.3 Å². The fourth-order valence-electron chi connectivity index (χ4n) is 2.61. The van der Waals surface area contributed by atoms with Crippen molar-refractivity contribution in [3.63, 3.8) is 0 Å². The van der Waals surface area contributed by atoms with E-state index in [9.17, 15) is 4.79 Å². The quantitative estimate of drug-likeness (QED) is 0.907. The predicted molar refractivity (Wildman–Crippen MR) is 82.0 cm³/mol. The number of carbonyl (C=O) groups excluding carboxylic acids is 1. The molecule has 2 N–H and O–H groups in total. The molecule has 0 spiro atoms. The number of amides is 1. The summed E-state index contributed by atoms with van der Waals surface area (Å²) in [4.78, 5) is 16.6. The van der Waals surface area contributed by atoms with Gasteiger partial charge in [0.25, 0.3) is 5.91 Å². The third-order valence-electron chi connectivity index (χ3n) is 3.83. The molecule has 1 aliphatic heterocycles. The minimum atomic E-state index is -0.104. The molecular weight excluding hydrogens is 262 g/mol. The van der Waals surface area contributed by atoms with Crippen LogP contribution < -0.4 is 10.6 Å². The molecule has 4 nitrogen and oxygen atoms in total. The molecule has 0 unspecified atom stereocenters. The summed E-state index contributed by atoms with van der Waals surface area (Å²) in [6.07, 6.45) is 2.77. The number of aromatic nitrogens is 1. The highest BCUT2D eigenvalue weighted by atomic mass is 16.1. The number of nitrogens with one attached hydrogen (secondary N) is 2. The number of fused-ring (bicyclic) bond motifs is 1. The zero-order valence-corrected chi connectivity index (χ0v) is 12.1. The Morgan fingerprint density at radius 1 is 1.29 bits per heavy atom. The van der Waals surface area contributed by atoms with E-state index in [0.29, 0.717) is 5.56 Å².